The Balaban J connectivity index is 2.11. The quantitative estimate of drug-likeness (QED) is 0.797. The molecule has 1 aromatic rings. The lowest BCUT2D eigenvalue weighted by Gasteiger charge is -2.59. The van der Waals surface area contributed by atoms with Crippen molar-refractivity contribution in [3.63, 3.8) is 0 Å². The van der Waals surface area contributed by atoms with Crippen LogP contribution in [0.15, 0.2) is 24.3 Å². The van der Waals surface area contributed by atoms with Gasteiger partial charge >= 0.3 is 0 Å². The Bertz CT molecular complexity index is 394. The summed E-state index contributed by atoms with van der Waals surface area (Å²) < 4.78 is 11.1. The molecule has 2 atom stereocenters. The van der Waals surface area contributed by atoms with Gasteiger partial charge in [0.1, 0.15) is 5.75 Å². The van der Waals surface area contributed by atoms with Crippen LogP contribution in [0.1, 0.15) is 33.3 Å². The summed E-state index contributed by atoms with van der Waals surface area (Å²) in [5.74, 6) is 0.904. The summed E-state index contributed by atoms with van der Waals surface area (Å²) in [6.07, 6.45) is 1.29. The van der Waals surface area contributed by atoms with Crippen molar-refractivity contribution in [2.45, 2.75) is 45.8 Å². The highest BCUT2D eigenvalue weighted by Crippen LogP contribution is 2.51. The first-order valence-electron chi connectivity index (χ1n) is 6.20. The molecule has 0 aromatic heterocycles. The Morgan fingerprint density at radius 3 is 2.18 bits per heavy atom. The van der Waals surface area contributed by atoms with Crippen LogP contribution in [0.5, 0.6) is 5.75 Å². The smallest absolute Gasteiger partial charge is 0.118 e. The van der Waals surface area contributed by atoms with Crippen LogP contribution >= 0.6 is 0 Å². The first-order valence-corrected chi connectivity index (χ1v) is 6.20. The molecule has 94 valence electrons. The molecule has 0 N–H and O–H groups in total. The third-order valence-electron chi connectivity index (χ3n) is 4.52. The van der Waals surface area contributed by atoms with E-state index >= 15 is 0 Å². The molecule has 2 heteroatoms. The minimum absolute atomic E-state index is 0.0546. The molecule has 0 aliphatic carbocycles. The minimum Gasteiger partial charge on any atom is -0.497 e. The van der Waals surface area contributed by atoms with E-state index in [0.29, 0.717) is 6.10 Å². The van der Waals surface area contributed by atoms with Gasteiger partial charge in [-0.15, -0.1) is 0 Å². The predicted molar refractivity (Wildman–Crippen MR) is 69.4 cm³/mol. The lowest BCUT2D eigenvalue weighted by molar-refractivity contribution is -0.291. The number of hydrogen-bond donors (Lipinski definition) is 0. The summed E-state index contributed by atoms with van der Waals surface area (Å²) in [5.41, 5.74) is 1.47. The van der Waals surface area contributed by atoms with E-state index in [4.69, 9.17) is 9.47 Å². The van der Waals surface area contributed by atoms with Crippen LogP contribution in [0, 0.1) is 5.41 Å². The predicted octanol–water partition coefficient (Wildman–Crippen LogP) is 3.44. The molecule has 0 radical (unpaired) electrons. The SMILES string of the molecule is COc1ccc(CC2(C)OC(C)C2(C)C)cc1. The molecule has 1 aliphatic rings. The summed E-state index contributed by atoms with van der Waals surface area (Å²) >= 11 is 0. The van der Waals surface area contributed by atoms with Gasteiger partial charge in [-0.3, -0.25) is 0 Å². The molecule has 0 amide bonds. The summed E-state index contributed by atoms with van der Waals surface area (Å²) in [6, 6.07) is 8.25. The maximum Gasteiger partial charge on any atom is 0.118 e. The van der Waals surface area contributed by atoms with Crippen molar-refractivity contribution in [2.24, 2.45) is 5.41 Å². The average molecular weight is 234 g/mol. The zero-order valence-electron chi connectivity index (χ0n) is 11.4. The van der Waals surface area contributed by atoms with Gasteiger partial charge in [-0.2, -0.15) is 0 Å². The molecule has 1 heterocycles. The number of rotatable bonds is 3. The molecule has 1 aromatic carbocycles. The van der Waals surface area contributed by atoms with Gasteiger partial charge in [0.15, 0.2) is 0 Å². The van der Waals surface area contributed by atoms with E-state index in [1.165, 1.54) is 5.56 Å². The van der Waals surface area contributed by atoms with Crippen molar-refractivity contribution in [1.82, 2.24) is 0 Å². The van der Waals surface area contributed by atoms with Crippen molar-refractivity contribution >= 4 is 0 Å². The first kappa shape index (κ1) is 12.4. The Morgan fingerprint density at radius 1 is 1.18 bits per heavy atom. The van der Waals surface area contributed by atoms with Crippen LogP contribution < -0.4 is 4.74 Å². The molecule has 2 nitrogen and oxygen atoms in total. The maximum absolute atomic E-state index is 5.97. The van der Waals surface area contributed by atoms with E-state index in [9.17, 15) is 0 Å². The van der Waals surface area contributed by atoms with Gasteiger partial charge in [0.05, 0.1) is 18.8 Å². The van der Waals surface area contributed by atoms with Crippen LogP contribution in [-0.2, 0) is 11.2 Å². The Labute approximate surface area is 104 Å². The monoisotopic (exact) mass is 234 g/mol. The van der Waals surface area contributed by atoms with E-state index in [1.54, 1.807) is 7.11 Å². The second-order valence-corrected chi connectivity index (χ2v) is 5.74. The van der Waals surface area contributed by atoms with Crippen LogP contribution in [0.3, 0.4) is 0 Å². The van der Waals surface area contributed by atoms with Gasteiger partial charge in [-0.1, -0.05) is 26.0 Å². The molecular formula is C15H22O2. The molecule has 2 rings (SSSR count). The van der Waals surface area contributed by atoms with Gasteiger partial charge < -0.3 is 9.47 Å². The number of hydrogen-bond acceptors (Lipinski definition) is 2. The van der Waals surface area contributed by atoms with E-state index in [-0.39, 0.29) is 11.0 Å². The molecule has 1 saturated heterocycles. The summed E-state index contributed by atoms with van der Waals surface area (Å²) in [4.78, 5) is 0. The van der Waals surface area contributed by atoms with Crippen molar-refractivity contribution in [3.05, 3.63) is 29.8 Å². The van der Waals surface area contributed by atoms with E-state index < -0.39 is 0 Å². The summed E-state index contributed by atoms with van der Waals surface area (Å²) in [7, 11) is 1.69. The summed E-state index contributed by atoms with van der Waals surface area (Å²) in [5, 5.41) is 0. The summed E-state index contributed by atoms with van der Waals surface area (Å²) in [6.45, 7) is 8.92. The molecule has 0 spiro atoms. The molecule has 1 aliphatic heterocycles. The minimum atomic E-state index is -0.0546. The van der Waals surface area contributed by atoms with E-state index in [2.05, 4.69) is 39.8 Å². The Kier molecular flexibility index (Phi) is 2.94. The maximum atomic E-state index is 5.97. The second-order valence-electron chi connectivity index (χ2n) is 5.74. The fourth-order valence-electron chi connectivity index (χ4n) is 2.46. The van der Waals surface area contributed by atoms with Crippen molar-refractivity contribution in [2.75, 3.05) is 7.11 Å². The topological polar surface area (TPSA) is 18.5 Å². The van der Waals surface area contributed by atoms with E-state index in [0.717, 1.165) is 12.2 Å². The van der Waals surface area contributed by atoms with Gasteiger partial charge in [-0.05, 0) is 31.5 Å². The average Bonchev–Trinajstić information content (AvgIpc) is 2.30. The molecule has 0 saturated carbocycles. The molecule has 1 fully saturated rings. The molecule has 17 heavy (non-hydrogen) atoms. The van der Waals surface area contributed by atoms with Crippen LogP contribution in [-0.4, -0.2) is 18.8 Å². The fraction of sp³-hybridized carbons (Fsp3) is 0.600. The highest BCUT2D eigenvalue weighted by molar-refractivity contribution is 5.29. The van der Waals surface area contributed by atoms with Gasteiger partial charge in [0, 0.05) is 11.8 Å². The van der Waals surface area contributed by atoms with Crippen LogP contribution in [0.25, 0.3) is 0 Å². The highest BCUT2D eigenvalue weighted by Gasteiger charge is 2.56. The van der Waals surface area contributed by atoms with Gasteiger partial charge in [0.25, 0.3) is 0 Å². The Hall–Kier alpha value is -1.02. The molecule has 0 bridgehead atoms. The number of methoxy groups -OCH3 is 1. The number of benzene rings is 1. The van der Waals surface area contributed by atoms with Crippen molar-refractivity contribution in [1.29, 1.82) is 0 Å². The third-order valence-corrected chi connectivity index (χ3v) is 4.52. The lowest BCUT2D eigenvalue weighted by Crippen LogP contribution is -2.64. The molecular weight excluding hydrogens is 212 g/mol. The zero-order chi connectivity index (χ0) is 12.7. The third kappa shape index (κ3) is 1.95. The van der Waals surface area contributed by atoms with Gasteiger partial charge in [0.2, 0.25) is 0 Å². The lowest BCUT2D eigenvalue weighted by atomic mass is 9.64. The molecule has 2 unspecified atom stereocenters. The Morgan fingerprint density at radius 2 is 1.76 bits per heavy atom. The standard InChI is InChI=1S/C15H22O2/c1-11-14(2,3)15(4,17-11)10-12-6-8-13(16-5)9-7-12/h6-9,11H,10H2,1-5H3. The fourth-order valence-corrected chi connectivity index (χ4v) is 2.46. The van der Waals surface area contributed by atoms with Crippen LogP contribution in [0.4, 0.5) is 0 Å². The van der Waals surface area contributed by atoms with Crippen LogP contribution in [0.2, 0.25) is 0 Å². The van der Waals surface area contributed by atoms with Gasteiger partial charge in [-0.25, -0.2) is 0 Å². The zero-order valence-corrected chi connectivity index (χ0v) is 11.4. The van der Waals surface area contributed by atoms with E-state index in [1.807, 2.05) is 12.1 Å². The van der Waals surface area contributed by atoms with Crippen molar-refractivity contribution < 1.29 is 9.47 Å². The van der Waals surface area contributed by atoms with Crippen molar-refractivity contribution in [3.8, 4) is 5.75 Å². The number of ether oxygens (including phenoxy) is 2. The normalized spacial score (nSPS) is 30.8. The first-order chi connectivity index (χ1) is 7.89. The largest absolute Gasteiger partial charge is 0.497 e. The highest BCUT2D eigenvalue weighted by atomic mass is 16.5. The second kappa shape index (κ2) is 4.02.